The maximum absolute atomic E-state index is 5.48. The number of para-hydroxylation sites is 1. The van der Waals surface area contributed by atoms with Gasteiger partial charge in [0.1, 0.15) is 5.75 Å². The highest BCUT2D eigenvalue weighted by Gasteiger charge is 2.23. The molecule has 0 saturated heterocycles. The van der Waals surface area contributed by atoms with E-state index in [1.165, 1.54) is 35.9 Å². The van der Waals surface area contributed by atoms with Gasteiger partial charge in [0.15, 0.2) is 0 Å². The predicted molar refractivity (Wildman–Crippen MR) is 78.8 cm³/mol. The summed E-state index contributed by atoms with van der Waals surface area (Å²) in [7, 11) is 1.74. The Balaban J connectivity index is 2.18. The number of aromatic nitrogens is 1. The van der Waals surface area contributed by atoms with Crippen LogP contribution in [0.25, 0.3) is 10.9 Å². The number of nitrogens with one attached hydrogen (secondary N) is 2. The molecule has 2 aromatic rings. The van der Waals surface area contributed by atoms with Crippen molar-refractivity contribution in [2.24, 2.45) is 0 Å². The highest BCUT2D eigenvalue weighted by Crippen LogP contribution is 2.37. The van der Waals surface area contributed by atoms with Gasteiger partial charge in [0.05, 0.1) is 12.6 Å². The summed E-state index contributed by atoms with van der Waals surface area (Å²) in [5.74, 6) is 0.945. The summed E-state index contributed by atoms with van der Waals surface area (Å²) in [6, 6.07) is 6.80. The minimum absolute atomic E-state index is 0.475. The zero-order valence-electron chi connectivity index (χ0n) is 11.8. The van der Waals surface area contributed by atoms with Crippen LogP contribution in [0.3, 0.4) is 0 Å². The highest BCUT2D eigenvalue weighted by molar-refractivity contribution is 5.90. The van der Waals surface area contributed by atoms with Crippen LogP contribution in [0.15, 0.2) is 18.2 Å². The fourth-order valence-corrected chi connectivity index (χ4v) is 3.28. The second kappa shape index (κ2) is 5.25. The minimum atomic E-state index is 0.475. The normalized spacial score (nSPS) is 19.2. The molecule has 1 aliphatic carbocycles. The molecular weight excluding hydrogens is 236 g/mol. The summed E-state index contributed by atoms with van der Waals surface area (Å²) in [6.45, 7) is 3.20. The van der Waals surface area contributed by atoms with Crippen LogP contribution in [0.5, 0.6) is 5.75 Å². The quantitative estimate of drug-likeness (QED) is 0.826. The van der Waals surface area contributed by atoms with Crippen LogP contribution >= 0.6 is 0 Å². The van der Waals surface area contributed by atoms with Crippen molar-refractivity contribution in [3.63, 3.8) is 0 Å². The molecule has 0 bridgehead atoms. The van der Waals surface area contributed by atoms with Crippen molar-refractivity contribution in [2.75, 3.05) is 13.7 Å². The lowest BCUT2D eigenvalue weighted by Crippen LogP contribution is -2.20. The van der Waals surface area contributed by atoms with E-state index >= 15 is 0 Å². The number of benzene rings is 1. The van der Waals surface area contributed by atoms with Gasteiger partial charge in [-0.15, -0.1) is 0 Å². The van der Waals surface area contributed by atoms with Gasteiger partial charge in [-0.2, -0.15) is 0 Å². The number of ether oxygens (including phenoxy) is 1. The van der Waals surface area contributed by atoms with Gasteiger partial charge in [0.2, 0.25) is 0 Å². The monoisotopic (exact) mass is 258 g/mol. The van der Waals surface area contributed by atoms with Crippen LogP contribution in [0.2, 0.25) is 0 Å². The first-order chi connectivity index (χ1) is 9.35. The molecule has 0 spiro atoms. The molecule has 0 aliphatic heterocycles. The number of H-pyrrole nitrogens is 1. The first kappa shape index (κ1) is 12.5. The molecule has 1 aromatic carbocycles. The van der Waals surface area contributed by atoms with Crippen LogP contribution in [-0.2, 0) is 6.42 Å². The van der Waals surface area contributed by atoms with E-state index in [2.05, 4.69) is 29.4 Å². The third kappa shape index (κ3) is 2.12. The molecule has 19 heavy (non-hydrogen) atoms. The van der Waals surface area contributed by atoms with Crippen molar-refractivity contribution in [3.05, 3.63) is 29.5 Å². The molecule has 3 heteroatoms. The van der Waals surface area contributed by atoms with Gasteiger partial charge in [0.25, 0.3) is 0 Å². The van der Waals surface area contributed by atoms with Crippen LogP contribution < -0.4 is 10.1 Å². The van der Waals surface area contributed by atoms with Gasteiger partial charge in [-0.1, -0.05) is 25.5 Å². The summed E-state index contributed by atoms with van der Waals surface area (Å²) in [6.07, 6.45) is 4.94. The lowest BCUT2D eigenvalue weighted by molar-refractivity contribution is 0.419. The number of methoxy groups -OCH3 is 1. The molecule has 3 nitrogen and oxygen atoms in total. The number of rotatable bonds is 3. The molecule has 1 atom stereocenters. The van der Waals surface area contributed by atoms with Crippen molar-refractivity contribution in [2.45, 2.75) is 38.6 Å². The largest absolute Gasteiger partial charge is 0.495 e. The van der Waals surface area contributed by atoms with Gasteiger partial charge in [-0.05, 0) is 37.4 Å². The SMILES string of the molecule is CCNC1CCCCc2[nH]c3c(OC)cccc3c21. The van der Waals surface area contributed by atoms with Crippen molar-refractivity contribution in [1.82, 2.24) is 10.3 Å². The van der Waals surface area contributed by atoms with Crippen molar-refractivity contribution in [3.8, 4) is 5.75 Å². The Hall–Kier alpha value is -1.48. The Bertz CT molecular complexity index is 573. The first-order valence-electron chi connectivity index (χ1n) is 7.26. The van der Waals surface area contributed by atoms with E-state index < -0.39 is 0 Å². The molecule has 1 unspecified atom stereocenters. The standard InChI is InChI=1S/C16H22N2O/c1-3-17-12-8-4-5-9-13-15(12)11-7-6-10-14(19-2)16(11)18-13/h6-7,10,12,17-18H,3-5,8-9H2,1-2H3. The Morgan fingerprint density at radius 2 is 2.26 bits per heavy atom. The van der Waals surface area contributed by atoms with Gasteiger partial charge >= 0.3 is 0 Å². The zero-order valence-corrected chi connectivity index (χ0v) is 11.8. The first-order valence-corrected chi connectivity index (χ1v) is 7.26. The Labute approximate surface area is 114 Å². The maximum Gasteiger partial charge on any atom is 0.142 e. The van der Waals surface area contributed by atoms with Crippen molar-refractivity contribution >= 4 is 10.9 Å². The molecule has 3 rings (SSSR count). The van der Waals surface area contributed by atoms with E-state index in [9.17, 15) is 0 Å². The average molecular weight is 258 g/mol. The Morgan fingerprint density at radius 1 is 1.37 bits per heavy atom. The number of hydrogen-bond donors (Lipinski definition) is 2. The van der Waals surface area contributed by atoms with Crippen molar-refractivity contribution < 1.29 is 4.74 Å². The minimum Gasteiger partial charge on any atom is -0.495 e. The van der Waals surface area contributed by atoms with Crippen LogP contribution in [0.4, 0.5) is 0 Å². The second-order valence-electron chi connectivity index (χ2n) is 5.26. The third-order valence-electron chi connectivity index (χ3n) is 4.11. The number of fused-ring (bicyclic) bond motifs is 3. The van der Waals surface area contributed by atoms with E-state index in [1.807, 2.05) is 6.07 Å². The lowest BCUT2D eigenvalue weighted by atomic mass is 10.0. The molecule has 1 aromatic heterocycles. The molecule has 1 aliphatic rings. The predicted octanol–water partition coefficient (Wildman–Crippen LogP) is 3.55. The lowest BCUT2D eigenvalue weighted by Gasteiger charge is -2.16. The maximum atomic E-state index is 5.48. The highest BCUT2D eigenvalue weighted by atomic mass is 16.5. The third-order valence-corrected chi connectivity index (χ3v) is 4.11. The average Bonchev–Trinajstić information content (AvgIpc) is 2.69. The van der Waals surface area contributed by atoms with E-state index in [0.29, 0.717) is 6.04 Å². The molecule has 0 radical (unpaired) electrons. The summed E-state index contributed by atoms with van der Waals surface area (Å²) >= 11 is 0. The topological polar surface area (TPSA) is 37.0 Å². The molecule has 102 valence electrons. The molecular formula is C16H22N2O. The second-order valence-corrected chi connectivity index (χ2v) is 5.26. The Morgan fingerprint density at radius 3 is 3.05 bits per heavy atom. The van der Waals surface area contributed by atoms with Crippen LogP contribution in [-0.4, -0.2) is 18.6 Å². The van der Waals surface area contributed by atoms with Crippen LogP contribution in [0.1, 0.15) is 43.5 Å². The van der Waals surface area contributed by atoms with E-state index in [-0.39, 0.29) is 0 Å². The van der Waals surface area contributed by atoms with Gasteiger partial charge in [0, 0.05) is 17.1 Å². The van der Waals surface area contributed by atoms with Gasteiger partial charge < -0.3 is 15.0 Å². The molecule has 2 N–H and O–H groups in total. The van der Waals surface area contributed by atoms with Gasteiger partial charge in [-0.25, -0.2) is 0 Å². The smallest absolute Gasteiger partial charge is 0.142 e. The molecule has 0 saturated carbocycles. The zero-order chi connectivity index (χ0) is 13.2. The summed E-state index contributed by atoms with van der Waals surface area (Å²) < 4.78 is 5.48. The van der Waals surface area contributed by atoms with Crippen LogP contribution in [0, 0.1) is 0 Å². The number of hydrogen-bond acceptors (Lipinski definition) is 2. The summed E-state index contributed by atoms with van der Waals surface area (Å²) in [5, 5.41) is 4.96. The van der Waals surface area contributed by atoms with E-state index in [4.69, 9.17) is 4.74 Å². The Kier molecular flexibility index (Phi) is 3.47. The number of aromatic amines is 1. The van der Waals surface area contributed by atoms with Gasteiger partial charge in [-0.3, -0.25) is 0 Å². The summed E-state index contributed by atoms with van der Waals surface area (Å²) in [4.78, 5) is 3.60. The fourth-order valence-electron chi connectivity index (χ4n) is 3.28. The molecule has 0 amide bonds. The van der Waals surface area contributed by atoms with E-state index in [0.717, 1.165) is 24.2 Å². The molecule has 0 fully saturated rings. The van der Waals surface area contributed by atoms with E-state index in [1.54, 1.807) is 7.11 Å². The fraction of sp³-hybridized carbons (Fsp3) is 0.500. The van der Waals surface area contributed by atoms with Crippen molar-refractivity contribution in [1.29, 1.82) is 0 Å². The summed E-state index contributed by atoms with van der Waals surface area (Å²) in [5.41, 5.74) is 4.01. The number of aryl methyl sites for hydroxylation is 1. The molecule has 1 heterocycles.